The minimum Gasteiger partial charge on any atom is -0.507 e. The Hall–Kier alpha value is -7.07. The first-order valence-corrected chi connectivity index (χ1v) is 23.4. The number of fused-ring (bicyclic) bond motifs is 1. The normalized spacial score (nSPS) is 23.9. The molecule has 3 heterocycles. The number of ether oxygens (including phenoxy) is 8. The summed E-state index contributed by atoms with van der Waals surface area (Å²) in [5.74, 6) is -0.852. The second-order valence-corrected chi connectivity index (χ2v) is 17.4. The molecule has 2 fully saturated rings. The summed E-state index contributed by atoms with van der Waals surface area (Å²) in [7, 11) is 0. The molecule has 1 unspecified atom stereocenters. The van der Waals surface area contributed by atoms with Crippen LogP contribution in [0.15, 0.2) is 155 Å². The molecule has 0 spiro atoms. The Bertz CT molecular complexity index is 2890. The van der Waals surface area contributed by atoms with E-state index in [-0.39, 0.29) is 71.7 Å². The van der Waals surface area contributed by atoms with Gasteiger partial charge < -0.3 is 83.2 Å². The van der Waals surface area contributed by atoms with Crippen LogP contribution >= 0.6 is 0 Å². The predicted molar refractivity (Wildman–Crippen MR) is 260 cm³/mol. The zero-order chi connectivity index (χ0) is 51.0. The topological polar surface area (TPSA) is 266 Å². The summed E-state index contributed by atoms with van der Waals surface area (Å²) < 4.78 is 55.6. The van der Waals surface area contributed by atoms with Crippen molar-refractivity contribution in [3.8, 4) is 45.8 Å². The second kappa shape index (κ2) is 23.2. The minimum atomic E-state index is -2.08. The van der Waals surface area contributed by atoms with E-state index in [1.54, 1.807) is 12.1 Å². The third kappa shape index (κ3) is 11.6. The molecule has 2 aliphatic heterocycles. The standard InChI is InChI=1S/C55H54O18/c56-25-41-44(59)46(61)48(63)54(70-41)72-52-42(26-57)71-55(49(64)47(52)62)73-53-45(60)43-37(58)23-36(65-27-31-13-5-1-6-14-31)24-38(43)69-50(53)35-21-39(66-28-32-15-7-2-8-16-32)51(68-30-34-19-11-4-12-20-34)40(22-35)67-29-33-17-9-3-10-18-33/h1-24,41-42,44,46-49,52,54-59,61-64H,25-30H2/t41?,42-,44+,46+,47-,48-,49-,52-,54+,55+/m1/s1. The monoisotopic (exact) mass is 1000 g/mol. The van der Waals surface area contributed by atoms with Crippen LogP contribution in [0.2, 0.25) is 0 Å². The molecule has 0 saturated carbocycles. The van der Waals surface area contributed by atoms with E-state index in [2.05, 4.69) is 0 Å². The van der Waals surface area contributed by atoms with E-state index in [0.717, 1.165) is 22.3 Å². The lowest BCUT2D eigenvalue weighted by atomic mass is 9.97. The van der Waals surface area contributed by atoms with Crippen LogP contribution in [0.4, 0.5) is 0 Å². The number of aliphatic hydroxyl groups is 7. The van der Waals surface area contributed by atoms with Crippen LogP contribution in [0, 0.1) is 0 Å². The first-order valence-electron chi connectivity index (χ1n) is 23.4. The van der Waals surface area contributed by atoms with Crippen LogP contribution in [0.1, 0.15) is 22.3 Å². The molecule has 10 atom stereocenters. The van der Waals surface area contributed by atoms with Crippen molar-refractivity contribution in [2.75, 3.05) is 13.2 Å². The third-order valence-corrected chi connectivity index (χ3v) is 12.3. The van der Waals surface area contributed by atoms with Gasteiger partial charge in [-0.15, -0.1) is 0 Å². The van der Waals surface area contributed by atoms with Crippen LogP contribution in [-0.4, -0.2) is 115 Å². The smallest absolute Gasteiger partial charge is 0.239 e. The highest BCUT2D eigenvalue weighted by Crippen LogP contribution is 2.46. The highest BCUT2D eigenvalue weighted by atomic mass is 16.7. The highest BCUT2D eigenvalue weighted by Gasteiger charge is 2.51. The quantitative estimate of drug-likeness (QED) is 0.0555. The van der Waals surface area contributed by atoms with E-state index >= 15 is 0 Å². The number of rotatable bonds is 19. The molecule has 73 heavy (non-hydrogen) atoms. The minimum absolute atomic E-state index is 0.0556. The first-order chi connectivity index (χ1) is 35.5. The molecule has 1 aromatic heterocycles. The first kappa shape index (κ1) is 50.9. The second-order valence-electron chi connectivity index (χ2n) is 17.4. The summed E-state index contributed by atoms with van der Waals surface area (Å²) in [6, 6.07) is 43.1. The average molecular weight is 1000 g/mol. The van der Waals surface area contributed by atoms with Gasteiger partial charge in [0.15, 0.2) is 23.5 Å². The van der Waals surface area contributed by atoms with E-state index < -0.39 is 91.6 Å². The number of benzene rings is 6. The van der Waals surface area contributed by atoms with Crippen molar-refractivity contribution in [2.24, 2.45) is 0 Å². The molecule has 9 rings (SSSR count). The van der Waals surface area contributed by atoms with Gasteiger partial charge in [0.25, 0.3) is 0 Å². The predicted octanol–water partition coefficient (Wildman–Crippen LogP) is 4.48. The van der Waals surface area contributed by atoms with E-state index in [1.807, 2.05) is 121 Å². The summed E-state index contributed by atoms with van der Waals surface area (Å²) in [4.78, 5) is 15.0. The van der Waals surface area contributed by atoms with Gasteiger partial charge >= 0.3 is 0 Å². The van der Waals surface area contributed by atoms with E-state index in [9.17, 15) is 45.6 Å². The van der Waals surface area contributed by atoms with Crippen LogP contribution < -0.4 is 29.1 Å². The summed E-state index contributed by atoms with van der Waals surface area (Å²) in [5, 5.41) is 86.1. The van der Waals surface area contributed by atoms with Gasteiger partial charge in [-0.25, -0.2) is 0 Å². The summed E-state index contributed by atoms with van der Waals surface area (Å²) in [6.07, 6.45) is -18.0. The molecule has 18 nitrogen and oxygen atoms in total. The average Bonchev–Trinajstić information content (AvgIpc) is 3.42. The van der Waals surface area contributed by atoms with Crippen molar-refractivity contribution in [1.82, 2.24) is 0 Å². The summed E-state index contributed by atoms with van der Waals surface area (Å²) >= 11 is 0. The lowest BCUT2D eigenvalue weighted by Crippen LogP contribution is -2.65. The number of phenols is 1. The maximum absolute atomic E-state index is 15.0. The fourth-order valence-electron chi connectivity index (χ4n) is 8.41. The van der Waals surface area contributed by atoms with Gasteiger partial charge in [-0.05, 0) is 34.4 Å². The van der Waals surface area contributed by atoms with Gasteiger partial charge in [0.05, 0.1) is 13.2 Å². The molecule has 0 amide bonds. The van der Waals surface area contributed by atoms with Crippen LogP contribution in [0.5, 0.6) is 34.5 Å². The molecule has 2 aliphatic rings. The number of aromatic hydroxyl groups is 1. The number of phenolic OH excluding ortho intramolecular Hbond substituents is 1. The molecule has 6 aromatic carbocycles. The largest absolute Gasteiger partial charge is 0.507 e. The third-order valence-electron chi connectivity index (χ3n) is 12.3. The van der Waals surface area contributed by atoms with Gasteiger partial charge in [-0.3, -0.25) is 4.79 Å². The van der Waals surface area contributed by atoms with Crippen molar-refractivity contribution in [3.63, 3.8) is 0 Å². The van der Waals surface area contributed by atoms with Gasteiger partial charge in [-0.2, -0.15) is 0 Å². The van der Waals surface area contributed by atoms with E-state index in [4.69, 9.17) is 42.3 Å². The molecule has 0 aliphatic carbocycles. The van der Waals surface area contributed by atoms with Gasteiger partial charge in [0.1, 0.15) is 97.7 Å². The van der Waals surface area contributed by atoms with Gasteiger partial charge in [0, 0.05) is 17.7 Å². The van der Waals surface area contributed by atoms with Gasteiger partial charge in [0.2, 0.25) is 23.2 Å². The maximum Gasteiger partial charge on any atom is 0.239 e. The molecule has 0 radical (unpaired) electrons. The van der Waals surface area contributed by atoms with E-state index in [1.165, 1.54) is 12.1 Å². The lowest BCUT2D eigenvalue weighted by Gasteiger charge is -2.45. The lowest BCUT2D eigenvalue weighted by molar-refractivity contribution is -0.352. The van der Waals surface area contributed by atoms with Crippen molar-refractivity contribution in [3.05, 3.63) is 178 Å². The Kier molecular flexibility index (Phi) is 16.2. The molecule has 0 bridgehead atoms. The highest BCUT2D eigenvalue weighted by molar-refractivity contribution is 5.88. The van der Waals surface area contributed by atoms with Gasteiger partial charge in [-0.1, -0.05) is 121 Å². The molecule has 2 saturated heterocycles. The Morgan fingerprint density at radius 1 is 0.493 bits per heavy atom. The van der Waals surface area contributed by atoms with Crippen molar-refractivity contribution in [2.45, 2.75) is 87.8 Å². The number of aliphatic hydroxyl groups excluding tert-OH is 7. The Labute approximate surface area is 417 Å². The zero-order valence-corrected chi connectivity index (χ0v) is 39.0. The Balaban J connectivity index is 1.15. The van der Waals surface area contributed by atoms with E-state index in [0.29, 0.717) is 0 Å². The van der Waals surface area contributed by atoms with Crippen LogP contribution in [0.25, 0.3) is 22.3 Å². The van der Waals surface area contributed by atoms with Crippen LogP contribution in [-0.2, 0) is 40.6 Å². The van der Waals surface area contributed by atoms with Crippen molar-refractivity contribution >= 4 is 11.0 Å². The number of hydrogen-bond donors (Lipinski definition) is 8. The molecular weight excluding hydrogens is 949 g/mol. The molecule has 8 N–H and O–H groups in total. The fourth-order valence-corrected chi connectivity index (χ4v) is 8.41. The van der Waals surface area contributed by atoms with Crippen molar-refractivity contribution < 1.29 is 83.2 Å². The Morgan fingerprint density at radius 3 is 1.49 bits per heavy atom. The summed E-state index contributed by atoms with van der Waals surface area (Å²) in [6.45, 7) is -1.37. The molecular formula is C55H54O18. The maximum atomic E-state index is 15.0. The Morgan fingerprint density at radius 2 is 0.973 bits per heavy atom. The fraction of sp³-hybridized carbons (Fsp3) is 0.291. The number of hydrogen-bond acceptors (Lipinski definition) is 18. The SMILES string of the molecule is O=c1c(O[C@@H]2O[C@H](CO)[C@@H](O[C@@H]3OC(CO)[C@H](O)[C@H](O)[C@H]3O)[C@H](O)[C@H]2O)c(-c2cc(OCc3ccccc3)c(OCc3ccccc3)c(OCc3ccccc3)c2)oc2cc(OCc3ccccc3)cc(O)c12. The molecule has 7 aromatic rings. The molecule has 382 valence electrons. The van der Waals surface area contributed by atoms with Crippen molar-refractivity contribution in [1.29, 1.82) is 0 Å². The summed E-state index contributed by atoms with van der Waals surface area (Å²) in [5.41, 5.74) is 2.28. The molecule has 18 heteroatoms. The van der Waals surface area contributed by atoms with Crippen LogP contribution in [0.3, 0.4) is 0 Å². The zero-order valence-electron chi connectivity index (χ0n) is 39.0.